The molecule has 1 atom stereocenters. The van der Waals surface area contributed by atoms with Crippen molar-refractivity contribution in [3.05, 3.63) is 29.8 Å². The summed E-state index contributed by atoms with van der Waals surface area (Å²) in [6.07, 6.45) is 5.80. The lowest BCUT2D eigenvalue weighted by Crippen LogP contribution is -1.98. The van der Waals surface area contributed by atoms with Gasteiger partial charge in [-0.2, -0.15) is 0 Å². The normalized spacial score (nSPS) is 11.7. The molecule has 0 saturated carbocycles. The van der Waals surface area contributed by atoms with Crippen molar-refractivity contribution >= 4 is 11.1 Å². The summed E-state index contributed by atoms with van der Waals surface area (Å²) in [6.45, 7) is 4.42. The third-order valence-corrected chi connectivity index (χ3v) is 3.72. The molecule has 1 aromatic rings. The van der Waals surface area contributed by atoms with Gasteiger partial charge in [0, 0.05) is 6.42 Å². The smallest absolute Gasteiger partial charge is 0.190 e. The molecule has 0 N–H and O–H groups in total. The van der Waals surface area contributed by atoms with Crippen LogP contribution in [0.1, 0.15) is 44.6 Å². The summed E-state index contributed by atoms with van der Waals surface area (Å²) in [5.74, 6) is 5.96. The van der Waals surface area contributed by atoms with E-state index in [0.717, 1.165) is 18.4 Å². The van der Waals surface area contributed by atoms with Gasteiger partial charge in [0.2, 0.25) is 0 Å². The third-order valence-electron chi connectivity index (χ3n) is 2.73. The highest BCUT2D eigenvalue weighted by atomic mass is 32.2. The van der Waals surface area contributed by atoms with Gasteiger partial charge in [-0.3, -0.25) is 4.18 Å². The van der Waals surface area contributed by atoms with Crippen LogP contribution in [0, 0.1) is 18.8 Å². The zero-order valence-electron chi connectivity index (χ0n) is 11.8. The average molecular weight is 278 g/mol. The van der Waals surface area contributed by atoms with Crippen molar-refractivity contribution in [2.75, 3.05) is 6.61 Å². The van der Waals surface area contributed by atoms with E-state index >= 15 is 0 Å². The lowest BCUT2D eigenvalue weighted by atomic mass is 10.2. The van der Waals surface area contributed by atoms with Crippen LogP contribution in [0.2, 0.25) is 0 Å². The Morgan fingerprint density at radius 1 is 1.11 bits per heavy atom. The van der Waals surface area contributed by atoms with Crippen molar-refractivity contribution in [2.45, 2.75) is 50.8 Å². The summed E-state index contributed by atoms with van der Waals surface area (Å²) in [4.78, 5) is 0.690. The number of unbranched alkanes of at least 4 members (excludes halogenated alkanes) is 4. The van der Waals surface area contributed by atoms with Crippen molar-refractivity contribution in [1.29, 1.82) is 0 Å². The molecule has 0 fully saturated rings. The van der Waals surface area contributed by atoms with Crippen LogP contribution in [0.4, 0.5) is 0 Å². The Morgan fingerprint density at radius 3 is 2.53 bits per heavy atom. The van der Waals surface area contributed by atoms with Crippen molar-refractivity contribution in [2.24, 2.45) is 0 Å². The Balaban J connectivity index is 2.20. The molecule has 0 aromatic heterocycles. The highest BCUT2D eigenvalue weighted by Gasteiger charge is 2.02. The molecule has 0 aliphatic carbocycles. The van der Waals surface area contributed by atoms with E-state index in [4.69, 9.17) is 4.18 Å². The molecule has 0 amide bonds. The van der Waals surface area contributed by atoms with Crippen LogP contribution >= 0.6 is 0 Å². The van der Waals surface area contributed by atoms with E-state index in [0.29, 0.717) is 4.90 Å². The first-order chi connectivity index (χ1) is 9.24. The van der Waals surface area contributed by atoms with E-state index in [9.17, 15) is 4.21 Å². The predicted molar refractivity (Wildman–Crippen MR) is 80.1 cm³/mol. The standard InChI is InChI=1S/C16H22O2S/c1-3-4-5-6-7-8-9-14-18-19(17)16-12-10-15(2)11-13-16/h10-13H,3-7,14H2,1-2H3/t19-/m0/s1. The van der Waals surface area contributed by atoms with Crippen LogP contribution in [-0.4, -0.2) is 10.8 Å². The fourth-order valence-corrected chi connectivity index (χ4v) is 2.24. The topological polar surface area (TPSA) is 26.3 Å². The number of rotatable bonds is 7. The monoisotopic (exact) mass is 278 g/mol. The van der Waals surface area contributed by atoms with Crippen LogP contribution in [0.3, 0.4) is 0 Å². The largest absolute Gasteiger partial charge is 0.274 e. The maximum absolute atomic E-state index is 11.8. The summed E-state index contributed by atoms with van der Waals surface area (Å²) in [6, 6.07) is 7.50. The van der Waals surface area contributed by atoms with Gasteiger partial charge in [0.15, 0.2) is 11.1 Å². The average Bonchev–Trinajstić information content (AvgIpc) is 2.42. The molecular formula is C16H22O2S. The van der Waals surface area contributed by atoms with Crippen LogP contribution in [0.5, 0.6) is 0 Å². The second kappa shape index (κ2) is 9.77. The zero-order chi connectivity index (χ0) is 13.9. The Morgan fingerprint density at radius 2 is 1.84 bits per heavy atom. The quantitative estimate of drug-likeness (QED) is 0.556. The minimum absolute atomic E-state index is 0.230. The van der Waals surface area contributed by atoms with Gasteiger partial charge in [0.05, 0.1) is 4.90 Å². The number of benzene rings is 1. The molecule has 19 heavy (non-hydrogen) atoms. The molecule has 0 spiro atoms. The molecule has 3 heteroatoms. The SMILES string of the molecule is CCCCCCC#CCO[S@](=O)c1ccc(C)cc1. The van der Waals surface area contributed by atoms with Crippen LogP contribution in [0.25, 0.3) is 0 Å². The molecule has 0 radical (unpaired) electrons. The zero-order valence-corrected chi connectivity index (χ0v) is 12.6. The lowest BCUT2D eigenvalue weighted by molar-refractivity contribution is 0.402. The van der Waals surface area contributed by atoms with E-state index in [1.165, 1.54) is 19.3 Å². The second-order valence-electron chi connectivity index (χ2n) is 4.47. The highest BCUT2D eigenvalue weighted by Crippen LogP contribution is 2.08. The van der Waals surface area contributed by atoms with E-state index < -0.39 is 11.1 Å². The molecule has 0 bridgehead atoms. The fraction of sp³-hybridized carbons (Fsp3) is 0.500. The predicted octanol–water partition coefficient (Wildman–Crippen LogP) is 4.01. The van der Waals surface area contributed by atoms with Gasteiger partial charge >= 0.3 is 0 Å². The fourth-order valence-electron chi connectivity index (χ4n) is 1.58. The maximum atomic E-state index is 11.8. The van der Waals surface area contributed by atoms with Crippen molar-refractivity contribution in [3.8, 4) is 11.8 Å². The maximum Gasteiger partial charge on any atom is 0.190 e. The molecule has 104 valence electrons. The summed E-state index contributed by atoms with van der Waals surface area (Å²) in [5.41, 5.74) is 1.15. The molecule has 0 unspecified atom stereocenters. The Labute approximate surface area is 119 Å². The molecular weight excluding hydrogens is 256 g/mol. The van der Waals surface area contributed by atoms with E-state index in [1.807, 2.05) is 31.2 Å². The third kappa shape index (κ3) is 7.15. The Bertz CT molecular complexity index is 440. The highest BCUT2D eigenvalue weighted by molar-refractivity contribution is 7.80. The van der Waals surface area contributed by atoms with Crippen molar-refractivity contribution in [3.63, 3.8) is 0 Å². The van der Waals surface area contributed by atoms with Gasteiger partial charge < -0.3 is 0 Å². The van der Waals surface area contributed by atoms with Gasteiger partial charge in [-0.1, -0.05) is 49.8 Å². The number of hydrogen-bond donors (Lipinski definition) is 0. The summed E-state index contributed by atoms with van der Waals surface area (Å²) in [7, 11) is 0. The van der Waals surface area contributed by atoms with E-state index in [-0.39, 0.29) is 6.61 Å². The van der Waals surface area contributed by atoms with Crippen LogP contribution in [0.15, 0.2) is 29.2 Å². The number of aryl methyl sites for hydroxylation is 1. The van der Waals surface area contributed by atoms with E-state index in [1.54, 1.807) is 0 Å². The van der Waals surface area contributed by atoms with Crippen molar-refractivity contribution in [1.82, 2.24) is 0 Å². The summed E-state index contributed by atoms with van der Waals surface area (Å²) >= 11 is -1.40. The van der Waals surface area contributed by atoms with Crippen LogP contribution < -0.4 is 0 Å². The summed E-state index contributed by atoms with van der Waals surface area (Å²) < 4.78 is 16.9. The molecule has 2 nitrogen and oxygen atoms in total. The van der Waals surface area contributed by atoms with Crippen molar-refractivity contribution < 1.29 is 8.39 Å². The van der Waals surface area contributed by atoms with Crippen LogP contribution in [-0.2, 0) is 15.3 Å². The minimum atomic E-state index is -1.40. The van der Waals surface area contributed by atoms with Gasteiger partial charge in [0.25, 0.3) is 0 Å². The first-order valence-electron chi connectivity index (χ1n) is 6.81. The minimum Gasteiger partial charge on any atom is -0.274 e. The molecule has 1 aromatic carbocycles. The summed E-state index contributed by atoms with van der Waals surface area (Å²) in [5, 5.41) is 0. The molecule has 0 saturated heterocycles. The van der Waals surface area contributed by atoms with Gasteiger partial charge in [-0.05, 0) is 25.5 Å². The Hall–Kier alpha value is -1.11. The van der Waals surface area contributed by atoms with Gasteiger partial charge in [-0.25, -0.2) is 4.21 Å². The first kappa shape index (κ1) is 15.9. The molecule has 0 heterocycles. The van der Waals surface area contributed by atoms with Gasteiger partial charge in [-0.15, -0.1) is 5.92 Å². The van der Waals surface area contributed by atoms with Gasteiger partial charge in [0.1, 0.15) is 6.61 Å². The number of hydrogen-bond acceptors (Lipinski definition) is 2. The molecule has 0 aliphatic rings. The lowest BCUT2D eigenvalue weighted by Gasteiger charge is -2.00. The second-order valence-corrected chi connectivity index (χ2v) is 5.65. The van der Waals surface area contributed by atoms with E-state index in [2.05, 4.69) is 18.8 Å². The molecule has 1 rings (SSSR count). The first-order valence-corrected chi connectivity index (χ1v) is 7.89. The molecule has 0 aliphatic heterocycles. The Kier molecular flexibility index (Phi) is 8.20.